The number of hydrogen-bond acceptors (Lipinski definition) is 6. The summed E-state index contributed by atoms with van der Waals surface area (Å²) in [5.74, 6) is 1.33. The van der Waals surface area contributed by atoms with Gasteiger partial charge >= 0.3 is 0 Å². The highest BCUT2D eigenvalue weighted by Crippen LogP contribution is 2.37. The lowest BCUT2D eigenvalue weighted by molar-refractivity contribution is -0.131. The number of carbonyl (C=O) groups excluding carboxylic acids is 1. The number of ether oxygens (including phenoxy) is 2. The predicted octanol–water partition coefficient (Wildman–Crippen LogP) is 3.47. The van der Waals surface area contributed by atoms with Crippen molar-refractivity contribution in [2.45, 2.75) is 25.8 Å². The number of piperidine rings is 1. The van der Waals surface area contributed by atoms with Crippen LogP contribution in [0, 0.1) is 5.41 Å². The lowest BCUT2D eigenvalue weighted by Gasteiger charge is -2.41. The van der Waals surface area contributed by atoms with Gasteiger partial charge in [0, 0.05) is 36.6 Å². The molecule has 0 spiro atoms. The number of likely N-dealkylation sites (tertiary alicyclic amines) is 1. The number of rotatable bonds is 8. The number of carbonyl (C=O) groups is 1. The maximum atomic E-state index is 12.9. The lowest BCUT2D eigenvalue weighted by Crippen LogP contribution is -2.51. The molecule has 1 atom stereocenters. The van der Waals surface area contributed by atoms with Gasteiger partial charge in [0.25, 0.3) is 0 Å². The van der Waals surface area contributed by atoms with Gasteiger partial charge in [0.15, 0.2) is 0 Å². The van der Waals surface area contributed by atoms with Gasteiger partial charge in [-0.05, 0) is 55.1 Å². The molecular weight excluding hydrogens is 416 g/mol. The van der Waals surface area contributed by atoms with Crippen molar-refractivity contribution in [1.82, 2.24) is 14.9 Å². The summed E-state index contributed by atoms with van der Waals surface area (Å²) in [6, 6.07) is 13.9. The number of amides is 1. The molecule has 2 aromatic carbocycles. The van der Waals surface area contributed by atoms with E-state index in [-0.39, 0.29) is 5.91 Å². The quantitative estimate of drug-likeness (QED) is 0.570. The smallest absolute Gasteiger partial charge is 0.225 e. The summed E-state index contributed by atoms with van der Waals surface area (Å²) in [4.78, 5) is 23.5. The van der Waals surface area contributed by atoms with Crippen LogP contribution in [0.5, 0.6) is 11.5 Å². The molecule has 0 saturated carbocycles. The van der Waals surface area contributed by atoms with Crippen molar-refractivity contribution in [2.24, 2.45) is 11.1 Å². The molecule has 33 heavy (non-hydrogen) atoms. The van der Waals surface area contributed by atoms with Crippen molar-refractivity contribution in [1.29, 1.82) is 0 Å². The summed E-state index contributed by atoms with van der Waals surface area (Å²) in [6.07, 6.45) is 7.33. The standard InChI is InChI=1S/C26H30N4O3/c1-32-22-8-9-24(33-2)20(12-22)16-30-11-5-10-26(17-30,25(27)31)13-19-6-3-4-7-23(19)21-14-28-18-29-15-21/h3-4,6-9,12,14-15,18H,5,10-11,13,16-17H2,1-2H3,(H2,27,31)/t26-/m0/s1. The lowest BCUT2D eigenvalue weighted by atomic mass is 9.73. The maximum absolute atomic E-state index is 12.9. The highest BCUT2D eigenvalue weighted by molar-refractivity contribution is 5.82. The number of hydrogen-bond donors (Lipinski definition) is 1. The Labute approximate surface area is 194 Å². The van der Waals surface area contributed by atoms with Crippen LogP contribution in [0.3, 0.4) is 0 Å². The number of aromatic nitrogens is 2. The Hall–Kier alpha value is -3.45. The third-order valence-electron chi connectivity index (χ3n) is 6.48. The van der Waals surface area contributed by atoms with Gasteiger partial charge in [-0.1, -0.05) is 24.3 Å². The summed E-state index contributed by atoms with van der Waals surface area (Å²) in [7, 11) is 3.32. The van der Waals surface area contributed by atoms with Crippen LogP contribution in [0.25, 0.3) is 11.1 Å². The molecule has 1 aliphatic rings. The average Bonchev–Trinajstić information content (AvgIpc) is 2.85. The van der Waals surface area contributed by atoms with Crippen LogP contribution < -0.4 is 15.2 Å². The maximum Gasteiger partial charge on any atom is 0.225 e. The average molecular weight is 447 g/mol. The molecule has 1 aliphatic heterocycles. The molecule has 1 amide bonds. The van der Waals surface area contributed by atoms with E-state index in [9.17, 15) is 4.79 Å². The molecular formula is C26H30N4O3. The van der Waals surface area contributed by atoms with E-state index < -0.39 is 5.41 Å². The molecule has 7 heteroatoms. The zero-order valence-corrected chi connectivity index (χ0v) is 19.2. The first kappa shape index (κ1) is 22.7. The summed E-state index contributed by atoms with van der Waals surface area (Å²) in [5, 5.41) is 0. The van der Waals surface area contributed by atoms with Gasteiger partial charge in [-0.25, -0.2) is 9.97 Å². The van der Waals surface area contributed by atoms with Gasteiger partial charge in [0.05, 0.1) is 19.6 Å². The van der Waals surface area contributed by atoms with E-state index in [1.807, 2.05) is 36.4 Å². The number of benzene rings is 2. The molecule has 1 saturated heterocycles. The first-order chi connectivity index (χ1) is 16.0. The van der Waals surface area contributed by atoms with Crippen LogP contribution >= 0.6 is 0 Å². The minimum atomic E-state index is -0.657. The Morgan fingerprint density at radius 1 is 1.09 bits per heavy atom. The molecule has 0 bridgehead atoms. The van der Waals surface area contributed by atoms with Crippen LogP contribution in [0.1, 0.15) is 24.0 Å². The number of methoxy groups -OCH3 is 2. The predicted molar refractivity (Wildman–Crippen MR) is 127 cm³/mol. The second kappa shape index (κ2) is 10.0. The number of nitrogens with two attached hydrogens (primary N) is 1. The Balaban J connectivity index is 1.61. The van der Waals surface area contributed by atoms with Gasteiger partial charge in [0.1, 0.15) is 17.8 Å². The molecule has 0 aliphatic carbocycles. The summed E-state index contributed by atoms with van der Waals surface area (Å²) < 4.78 is 11.0. The monoisotopic (exact) mass is 446 g/mol. The van der Waals surface area contributed by atoms with Crippen LogP contribution in [0.15, 0.2) is 61.2 Å². The van der Waals surface area contributed by atoms with Gasteiger partial charge < -0.3 is 15.2 Å². The second-order valence-corrected chi connectivity index (χ2v) is 8.60. The SMILES string of the molecule is COc1ccc(OC)c(CN2CCC[C@@](Cc3ccccc3-c3cncnc3)(C(N)=O)C2)c1. The van der Waals surface area contributed by atoms with Crippen molar-refractivity contribution in [2.75, 3.05) is 27.3 Å². The van der Waals surface area contributed by atoms with E-state index in [1.54, 1.807) is 26.6 Å². The first-order valence-corrected chi connectivity index (χ1v) is 11.1. The number of nitrogens with zero attached hydrogens (tertiary/aromatic N) is 3. The van der Waals surface area contributed by atoms with Crippen molar-refractivity contribution >= 4 is 5.91 Å². The van der Waals surface area contributed by atoms with Crippen molar-refractivity contribution in [3.05, 3.63) is 72.3 Å². The topological polar surface area (TPSA) is 90.6 Å². The summed E-state index contributed by atoms with van der Waals surface area (Å²) in [6.45, 7) is 2.13. The van der Waals surface area contributed by atoms with Gasteiger partial charge in [-0.15, -0.1) is 0 Å². The molecule has 4 rings (SSSR count). The van der Waals surface area contributed by atoms with E-state index in [4.69, 9.17) is 15.2 Å². The Kier molecular flexibility index (Phi) is 6.89. The zero-order valence-electron chi connectivity index (χ0n) is 19.2. The fraction of sp³-hybridized carbons (Fsp3) is 0.346. The zero-order chi connectivity index (χ0) is 23.3. The van der Waals surface area contributed by atoms with E-state index in [2.05, 4.69) is 20.9 Å². The highest BCUT2D eigenvalue weighted by atomic mass is 16.5. The molecule has 2 N–H and O–H groups in total. The fourth-order valence-corrected chi connectivity index (χ4v) is 4.80. The van der Waals surface area contributed by atoms with E-state index in [1.165, 1.54) is 6.33 Å². The van der Waals surface area contributed by atoms with E-state index in [0.717, 1.165) is 53.1 Å². The molecule has 7 nitrogen and oxygen atoms in total. The fourth-order valence-electron chi connectivity index (χ4n) is 4.80. The van der Waals surface area contributed by atoms with Crippen LogP contribution in [-0.2, 0) is 17.8 Å². The van der Waals surface area contributed by atoms with Crippen molar-refractivity contribution < 1.29 is 14.3 Å². The Morgan fingerprint density at radius 3 is 2.61 bits per heavy atom. The van der Waals surface area contributed by atoms with Crippen LogP contribution in [0.2, 0.25) is 0 Å². The molecule has 0 radical (unpaired) electrons. The molecule has 2 heterocycles. The molecule has 3 aromatic rings. The second-order valence-electron chi connectivity index (χ2n) is 8.60. The van der Waals surface area contributed by atoms with Crippen molar-refractivity contribution in [3.63, 3.8) is 0 Å². The normalized spacial score (nSPS) is 18.6. The Morgan fingerprint density at radius 2 is 1.88 bits per heavy atom. The minimum Gasteiger partial charge on any atom is -0.497 e. The van der Waals surface area contributed by atoms with Gasteiger partial charge in [-0.3, -0.25) is 9.69 Å². The minimum absolute atomic E-state index is 0.260. The van der Waals surface area contributed by atoms with Crippen LogP contribution in [-0.4, -0.2) is 48.1 Å². The van der Waals surface area contributed by atoms with E-state index >= 15 is 0 Å². The third-order valence-corrected chi connectivity index (χ3v) is 6.48. The first-order valence-electron chi connectivity index (χ1n) is 11.1. The molecule has 1 aromatic heterocycles. The van der Waals surface area contributed by atoms with Crippen molar-refractivity contribution in [3.8, 4) is 22.6 Å². The van der Waals surface area contributed by atoms with Gasteiger partial charge in [0.2, 0.25) is 5.91 Å². The highest BCUT2D eigenvalue weighted by Gasteiger charge is 2.41. The van der Waals surface area contributed by atoms with Gasteiger partial charge in [-0.2, -0.15) is 0 Å². The summed E-state index contributed by atoms with van der Waals surface area (Å²) >= 11 is 0. The molecule has 172 valence electrons. The Bertz CT molecular complexity index is 1110. The summed E-state index contributed by atoms with van der Waals surface area (Å²) in [5.41, 5.74) is 9.47. The third kappa shape index (κ3) is 4.98. The largest absolute Gasteiger partial charge is 0.497 e. The van der Waals surface area contributed by atoms with E-state index in [0.29, 0.717) is 19.5 Å². The number of primary amides is 1. The molecule has 1 fully saturated rings. The molecule has 0 unspecified atom stereocenters. The van der Waals surface area contributed by atoms with Crippen LogP contribution in [0.4, 0.5) is 0 Å².